The first-order valence-electron chi connectivity index (χ1n) is 19.2. The van der Waals surface area contributed by atoms with Gasteiger partial charge in [-0.1, -0.05) is 152 Å². The molecule has 238 valence electrons. The maximum Gasteiger partial charge on any atom is 0.164 e. The van der Waals surface area contributed by atoms with Gasteiger partial charge in [-0.3, -0.25) is 0 Å². The Bertz CT molecular complexity index is 3170. The molecular formula is C47H29N3S. The Kier molecular flexibility index (Phi) is 5.85. The number of benzene rings is 8. The first kappa shape index (κ1) is 24.6. The van der Waals surface area contributed by atoms with Crippen molar-refractivity contribution >= 4 is 53.1 Å². The van der Waals surface area contributed by atoms with E-state index in [-0.39, 0.29) is 29.7 Å². The molecule has 51 heavy (non-hydrogen) atoms. The summed E-state index contributed by atoms with van der Waals surface area (Å²) >= 11 is 1.53. The van der Waals surface area contributed by atoms with Crippen molar-refractivity contribution in [3.05, 3.63) is 176 Å². The average Bonchev–Trinajstić information content (AvgIpc) is 3.63. The molecule has 4 heteroatoms. The predicted octanol–water partition coefficient (Wildman–Crippen LogP) is 12.9. The third-order valence-corrected chi connectivity index (χ3v) is 10.6. The molecular weight excluding hydrogens is 639 g/mol. The van der Waals surface area contributed by atoms with Gasteiger partial charge in [0.1, 0.15) is 0 Å². The van der Waals surface area contributed by atoms with Crippen molar-refractivity contribution in [3.63, 3.8) is 0 Å². The topological polar surface area (TPSA) is 38.7 Å². The normalized spacial score (nSPS) is 12.9. The van der Waals surface area contributed by atoms with Crippen LogP contribution in [-0.4, -0.2) is 15.0 Å². The van der Waals surface area contributed by atoms with Crippen molar-refractivity contribution in [2.75, 3.05) is 0 Å². The van der Waals surface area contributed by atoms with Gasteiger partial charge in [-0.15, -0.1) is 11.3 Å². The van der Waals surface area contributed by atoms with Crippen LogP contribution in [0.15, 0.2) is 176 Å². The highest BCUT2D eigenvalue weighted by Crippen LogP contribution is 2.44. The lowest BCUT2D eigenvalue weighted by Gasteiger charge is -2.10. The fraction of sp³-hybridized carbons (Fsp3) is 0. The SMILES string of the molecule is [2H]c1c([2H])c([2H])c(-c2cc(-c3ccccc3)cc3c2sc2cc(-c4nc(-c5ccccc5)nc(-c5ccc6ccc7ccccc7c6c5)n4)ccc23)c([2H])c1[2H]. The summed E-state index contributed by atoms with van der Waals surface area (Å²) in [5, 5.41) is 6.52. The molecule has 0 aliphatic rings. The highest BCUT2D eigenvalue weighted by atomic mass is 32.1. The van der Waals surface area contributed by atoms with E-state index in [1.54, 1.807) is 0 Å². The molecule has 0 fully saturated rings. The number of hydrogen-bond donors (Lipinski definition) is 0. The first-order chi connectivity index (χ1) is 27.3. The van der Waals surface area contributed by atoms with Gasteiger partial charge in [0.2, 0.25) is 0 Å². The van der Waals surface area contributed by atoms with Gasteiger partial charge in [-0.05, 0) is 62.5 Å². The van der Waals surface area contributed by atoms with Crippen LogP contribution in [0.3, 0.4) is 0 Å². The monoisotopic (exact) mass is 672 g/mol. The molecule has 0 saturated carbocycles. The molecule has 0 aliphatic carbocycles. The molecule has 0 bridgehead atoms. The largest absolute Gasteiger partial charge is 0.208 e. The maximum absolute atomic E-state index is 8.88. The van der Waals surface area contributed by atoms with Gasteiger partial charge in [-0.2, -0.15) is 0 Å². The molecule has 10 aromatic rings. The molecule has 0 spiro atoms. The summed E-state index contributed by atoms with van der Waals surface area (Å²) in [6.07, 6.45) is 0. The lowest BCUT2D eigenvalue weighted by molar-refractivity contribution is 1.08. The van der Waals surface area contributed by atoms with E-state index < -0.39 is 6.04 Å². The highest BCUT2D eigenvalue weighted by Gasteiger charge is 2.17. The average molecular weight is 673 g/mol. The Morgan fingerprint density at radius 3 is 1.75 bits per heavy atom. The number of aromatic nitrogens is 3. The third kappa shape index (κ3) is 5.25. The predicted molar refractivity (Wildman–Crippen MR) is 215 cm³/mol. The minimum Gasteiger partial charge on any atom is -0.208 e. The van der Waals surface area contributed by atoms with E-state index in [0.717, 1.165) is 64.1 Å². The molecule has 2 aromatic heterocycles. The van der Waals surface area contributed by atoms with E-state index in [4.69, 9.17) is 21.8 Å². The second-order valence-electron chi connectivity index (χ2n) is 12.5. The Hall–Kier alpha value is -6.49. The first-order valence-corrected chi connectivity index (χ1v) is 17.5. The van der Waals surface area contributed by atoms with E-state index in [9.17, 15) is 0 Å². The minimum atomic E-state index is -0.413. The fourth-order valence-corrected chi connectivity index (χ4v) is 8.12. The summed E-state index contributed by atoms with van der Waals surface area (Å²) < 4.78 is 44.7. The van der Waals surface area contributed by atoms with Gasteiger partial charge in [0, 0.05) is 42.4 Å². The van der Waals surface area contributed by atoms with Crippen molar-refractivity contribution in [1.29, 1.82) is 0 Å². The molecule has 0 amide bonds. The standard InChI is InChI=1S/C47H29N3S/c1-4-12-30(13-5-1)37-27-41(31-14-6-2-7-15-31)44-42(28-37)39-25-24-36(29-43(39)51-44)47-49-45(34-17-8-3-9-18-34)48-46(50-47)35-23-22-33-21-20-32-16-10-11-19-38(32)40(33)26-35/h1-29H/i2D,6D,7D,14D,15D. The second-order valence-corrected chi connectivity index (χ2v) is 13.5. The summed E-state index contributed by atoms with van der Waals surface area (Å²) in [4.78, 5) is 15.1. The summed E-state index contributed by atoms with van der Waals surface area (Å²) in [6, 6.07) is 47.5. The maximum atomic E-state index is 8.88. The second kappa shape index (κ2) is 12.1. The van der Waals surface area contributed by atoms with Gasteiger partial charge in [0.05, 0.1) is 6.85 Å². The molecule has 3 nitrogen and oxygen atoms in total. The zero-order chi connectivity index (χ0) is 38.1. The number of rotatable bonds is 5. The summed E-state index contributed by atoms with van der Waals surface area (Å²) in [7, 11) is 0. The van der Waals surface area contributed by atoms with E-state index in [1.807, 2.05) is 72.8 Å². The fourth-order valence-electron chi connectivity index (χ4n) is 6.88. The zero-order valence-electron chi connectivity index (χ0n) is 32.1. The van der Waals surface area contributed by atoms with Crippen LogP contribution in [0, 0.1) is 0 Å². The molecule has 0 radical (unpaired) electrons. The molecule has 0 atom stereocenters. The van der Waals surface area contributed by atoms with Crippen LogP contribution in [-0.2, 0) is 0 Å². The van der Waals surface area contributed by atoms with Crippen LogP contribution in [0.2, 0.25) is 0 Å². The number of hydrogen-bond acceptors (Lipinski definition) is 4. The van der Waals surface area contributed by atoms with Gasteiger partial charge in [-0.25, -0.2) is 15.0 Å². The summed E-state index contributed by atoms with van der Waals surface area (Å²) in [5.74, 6) is 1.66. The summed E-state index contributed by atoms with van der Waals surface area (Å²) in [6.45, 7) is 0. The van der Waals surface area contributed by atoms with Crippen molar-refractivity contribution in [3.8, 4) is 56.4 Å². The Morgan fingerprint density at radius 1 is 0.392 bits per heavy atom. The van der Waals surface area contributed by atoms with Gasteiger partial charge >= 0.3 is 0 Å². The van der Waals surface area contributed by atoms with Gasteiger partial charge in [0.25, 0.3) is 0 Å². The highest BCUT2D eigenvalue weighted by molar-refractivity contribution is 7.26. The van der Waals surface area contributed by atoms with E-state index in [2.05, 4.69) is 72.8 Å². The van der Waals surface area contributed by atoms with E-state index in [1.165, 1.54) is 16.7 Å². The zero-order valence-corrected chi connectivity index (χ0v) is 27.9. The molecule has 0 aliphatic heterocycles. The Balaban J connectivity index is 1.19. The molecule has 8 aromatic carbocycles. The number of nitrogens with zero attached hydrogens (tertiary/aromatic N) is 3. The molecule has 0 N–H and O–H groups in total. The minimum absolute atomic E-state index is 0.184. The lowest BCUT2D eigenvalue weighted by Crippen LogP contribution is -2.00. The van der Waals surface area contributed by atoms with Crippen LogP contribution in [0.1, 0.15) is 6.85 Å². The van der Waals surface area contributed by atoms with Crippen LogP contribution >= 0.6 is 11.3 Å². The molecule has 2 heterocycles. The Morgan fingerprint density at radius 2 is 0.980 bits per heavy atom. The van der Waals surface area contributed by atoms with E-state index >= 15 is 0 Å². The van der Waals surface area contributed by atoms with Gasteiger partial charge < -0.3 is 0 Å². The van der Waals surface area contributed by atoms with Crippen molar-refractivity contribution in [1.82, 2.24) is 15.0 Å². The summed E-state index contributed by atoms with van der Waals surface area (Å²) in [5.41, 5.74) is 5.21. The van der Waals surface area contributed by atoms with Crippen LogP contribution < -0.4 is 0 Å². The van der Waals surface area contributed by atoms with Crippen molar-refractivity contribution in [2.24, 2.45) is 0 Å². The number of thiophene rings is 1. The van der Waals surface area contributed by atoms with Gasteiger partial charge in [0.15, 0.2) is 17.5 Å². The Labute approximate surface area is 306 Å². The quantitative estimate of drug-likeness (QED) is 0.171. The number of fused-ring (bicyclic) bond motifs is 6. The van der Waals surface area contributed by atoms with Crippen LogP contribution in [0.5, 0.6) is 0 Å². The molecule has 0 unspecified atom stereocenters. The van der Waals surface area contributed by atoms with Crippen LogP contribution in [0.4, 0.5) is 0 Å². The third-order valence-electron chi connectivity index (χ3n) is 9.38. The van der Waals surface area contributed by atoms with Crippen LogP contribution in [0.25, 0.3) is 98.1 Å². The molecule has 0 saturated heterocycles. The van der Waals surface area contributed by atoms with Crippen molar-refractivity contribution in [2.45, 2.75) is 0 Å². The van der Waals surface area contributed by atoms with Crippen molar-refractivity contribution < 1.29 is 6.85 Å². The smallest absolute Gasteiger partial charge is 0.164 e. The van der Waals surface area contributed by atoms with E-state index in [0.29, 0.717) is 23.0 Å². The lowest BCUT2D eigenvalue weighted by atomic mass is 9.96. The molecule has 10 rings (SSSR count).